The Labute approximate surface area is 121 Å². The molecule has 0 heterocycles. The van der Waals surface area contributed by atoms with Gasteiger partial charge in [0.25, 0.3) is 0 Å². The molecule has 3 heteroatoms. The van der Waals surface area contributed by atoms with Crippen LogP contribution < -0.4 is 5.73 Å². The summed E-state index contributed by atoms with van der Waals surface area (Å²) in [5.74, 6) is 0. The first-order valence-electron chi connectivity index (χ1n) is 5.84. The quantitative estimate of drug-likeness (QED) is 0.888. The Hall–Kier alpha value is -0.770. The van der Waals surface area contributed by atoms with Crippen molar-refractivity contribution >= 4 is 27.7 Å². The number of nitrogens with two attached hydrogens (primary N) is 1. The second-order valence-electron chi connectivity index (χ2n) is 4.33. The van der Waals surface area contributed by atoms with E-state index in [1.54, 1.807) is 11.8 Å². The van der Waals surface area contributed by atoms with Crippen LogP contribution in [0.3, 0.4) is 0 Å². The Morgan fingerprint density at radius 2 is 1.78 bits per heavy atom. The Morgan fingerprint density at radius 1 is 1.06 bits per heavy atom. The van der Waals surface area contributed by atoms with E-state index >= 15 is 0 Å². The van der Waals surface area contributed by atoms with E-state index in [9.17, 15) is 0 Å². The van der Waals surface area contributed by atoms with E-state index in [4.69, 9.17) is 5.73 Å². The summed E-state index contributed by atoms with van der Waals surface area (Å²) in [5, 5.41) is 0. The first kappa shape index (κ1) is 13.7. The number of hydrogen-bond donors (Lipinski definition) is 1. The zero-order valence-electron chi connectivity index (χ0n) is 10.5. The van der Waals surface area contributed by atoms with Crippen LogP contribution in [0.4, 0.5) is 0 Å². The molecule has 1 nitrogen and oxygen atoms in total. The number of hydrogen-bond acceptors (Lipinski definition) is 2. The van der Waals surface area contributed by atoms with Crippen LogP contribution in [0.2, 0.25) is 0 Å². The SMILES string of the molecule is Cc1ccc(Sc2ccc(Br)cc2CN)c(C)c1. The van der Waals surface area contributed by atoms with Gasteiger partial charge in [-0.15, -0.1) is 0 Å². The molecule has 0 aliphatic heterocycles. The van der Waals surface area contributed by atoms with Gasteiger partial charge in [-0.05, 0) is 49.2 Å². The van der Waals surface area contributed by atoms with Gasteiger partial charge in [0.05, 0.1) is 0 Å². The van der Waals surface area contributed by atoms with Crippen LogP contribution in [0.5, 0.6) is 0 Å². The largest absolute Gasteiger partial charge is 0.326 e. The van der Waals surface area contributed by atoms with E-state index in [1.807, 2.05) is 0 Å². The second-order valence-corrected chi connectivity index (χ2v) is 6.33. The van der Waals surface area contributed by atoms with Crippen molar-refractivity contribution in [2.75, 3.05) is 0 Å². The van der Waals surface area contributed by atoms with Gasteiger partial charge in [0, 0.05) is 20.8 Å². The monoisotopic (exact) mass is 321 g/mol. The van der Waals surface area contributed by atoms with E-state index in [1.165, 1.54) is 26.5 Å². The molecular formula is C15H16BrNS. The summed E-state index contributed by atoms with van der Waals surface area (Å²) < 4.78 is 1.08. The second kappa shape index (κ2) is 5.91. The van der Waals surface area contributed by atoms with Crippen molar-refractivity contribution in [3.05, 3.63) is 57.6 Å². The van der Waals surface area contributed by atoms with Crippen molar-refractivity contribution in [1.29, 1.82) is 0 Å². The lowest BCUT2D eigenvalue weighted by atomic mass is 10.2. The number of halogens is 1. The molecule has 2 aromatic carbocycles. The first-order valence-corrected chi connectivity index (χ1v) is 7.44. The molecule has 2 N–H and O–H groups in total. The summed E-state index contributed by atoms with van der Waals surface area (Å²) in [7, 11) is 0. The minimum absolute atomic E-state index is 0.562. The highest BCUT2D eigenvalue weighted by atomic mass is 79.9. The van der Waals surface area contributed by atoms with Crippen molar-refractivity contribution in [2.45, 2.75) is 30.2 Å². The van der Waals surface area contributed by atoms with Crippen LogP contribution >= 0.6 is 27.7 Å². The molecule has 0 atom stereocenters. The molecule has 0 radical (unpaired) electrons. The zero-order chi connectivity index (χ0) is 13.1. The molecule has 0 aliphatic carbocycles. The fraction of sp³-hybridized carbons (Fsp3) is 0.200. The van der Waals surface area contributed by atoms with Gasteiger partial charge in [0.2, 0.25) is 0 Å². The molecule has 0 aliphatic rings. The maximum absolute atomic E-state index is 5.80. The number of aryl methyl sites for hydroxylation is 2. The molecule has 18 heavy (non-hydrogen) atoms. The van der Waals surface area contributed by atoms with E-state index in [0.717, 1.165) is 4.47 Å². The molecule has 0 fully saturated rings. The minimum atomic E-state index is 0.562. The van der Waals surface area contributed by atoms with Crippen LogP contribution in [-0.4, -0.2) is 0 Å². The van der Waals surface area contributed by atoms with E-state index in [2.05, 4.69) is 66.2 Å². The van der Waals surface area contributed by atoms with Crippen LogP contribution in [0.25, 0.3) is 0 Å². The molecular weight excluding hydrogens is 306 g/mol. The maximum Gasteiger partial charge on any atom is 0.0189 e. The van der Waals surface area contributed by atoms with Crippen LogP contribution in [0.1, 0.15) is 16.7 Å². The Balaban J connectivity index is 2.33. The van der Waals surface area contributed by atoms with Gasteiger partial charge < -0.3 is 5.73 Å². The molecule has 94 valence electrons. The third-order valence-corrected chi connectivity index (χ3v) is 4.58. The Kier molecular flexibility index (Phi) is 4.49. The van der Waals surface area contributed by atoms with Crippen LogP contribution in [-0.2, 0) is 6.54 Å². The summed E-state index contributed by atoms with van der Waals surface area (Å²) in [6.45, 7) is 4.83. The smallest absolute Gasteiger partial charge is 0.0189 e. The van der Waals surface area contributed by atoms with Crippen LogP contribution in [0, 0.1) is 13.8 Å². The van der Waals surface area contributed by atoms with Gasteiger partial charge in [-0.25, -0.2) is 0 Å². The van der Waals surface area contributed by atoms with Gasteiger partial charge in [-0.1, -0.05) is 45.4 Å². The molecule has 0 unspecified atom stereocenters. The van der Waals surface area contributed by atoms with Gasteiger partial charge in [-0.2, -0.15) is 0 Å². The van der Waals surface area contributed by atoms with Crippen molar-refractivity contribution in [3.63, 3.8) is 0 Å². The normalized spacial score (nSPS) is 10.7. The lowest BCUT2D eigenvalue weighted by molar-refractivity contribution is 1.02. The van der Waals surface area contributed by atoms with Gasteiger partial charge >= 0.3 is 0 Å². The molecule has 0 saturated heterocycles. The van der Waals surface area contributed by atoms with E-state index in [-0.39, 0.29) is 0 Å². The molecule has 2 rings (SSSR count). The Morgan fingerprint density at radius 3 is 2.44 bits per heavy atom. The van der Waals surface area contributed by atoms with Gasteiger partial charge in [0.1, 0.15) is 0 Å². The topological polar surface area (TPSA) is 26.0 Å². The van der Waals surface area contributed by atoms with Crippen molar-refractivity contribution < 1.29 is 0 Å². The van der Waals surface area contributed by atoms with Crippen molar-refractivity contribution in [3.8, 4) is 0 Å². The standard InChI is InChI=1S/C15H16BrNS/c1-10-3-5-14(11(2)7-10)18-15-6-4-13(16)8-12(15)9-17/h3-8H,9,17H2,1-2H3. The average Bonchev–Trinajstić information content (AvgIpc) is 2.34. The first-order chi connectivity index (χ1) is 8.60. The molecule has 0 bridgehead atoms. The summed E-state index contributed by atoms with van der Waals surface area (Å²) in [4.78, 5) is 2.52. The lowest BCUT2D eigenvalue weighted by Gasteiger charge is -2.10. The van der Waals surface area contributed by atoms with Crippen molar-refractivity contribution in [2.24, 2.45) is 5.73 Å². The minimum Gasteiger partial charge on any atom is -0.326 e. The maximum atomic E-state index is 5.80. The lowest BCUT2D eigenvalue weighted by Crippen LogP contribution is -1.98. The van der Waals surface area contributed by atoms with E-state index < -0.39 is 0 Å². The number of rotatable bonds is 3. The third kappa shape index (κ3) is 3.16. The Bertz CT molecular complexity index is 566. The molecule has 2 aromatic rings. The summed E-state index contributed by atoms with van der Waals surface area (Å²) in [5.41, 5.74) is 9.59. The molecule has 0 spiro atoms. The third-order valence-electron chi connectivity index (χ3n) is 2.79. The molecule has 0 saturated carbocycles. The molecule has 0 aromatic heterocycles. The van der Waals surface area contributed by atoms with Crippen LogP contribution in [0.15, 0.2) is 50.7 Å². The number of benzene rings is 2. The van der Waals surface area contributed by atoms with Gasteiger partial charge in [-0.3, -0.25) is 0 Å². The zero-order valence-corrected chi connectivity index (χ0v) is 12.9. The van der Waals surface area contributed by atoms with E-state index in [0.29, 0.717) is 6.54 Å². The highest BCUT2D eigenvalue weighted by Crippen LogP contribution is 2.34. The predicted octanol–water partition coefficient (Wildman–Crippen LogP) is 4.68. The highest BCUT2D eigenvalue weighted by molar-refractivity contribution is 9.10. The van der Waals surface area contributed by atoms with Crippen molar-refractivity contribution in [1.82, 2.24) is 0 Å². The fourth-order valence-electron chi connectivity index (χ4n) is 1.84. The summed E-state index contributed by atoms with van der Waals surface area (Å²) in [6, 6.07) is 12.8. The average molecular weight is 322 g/mol. The highest BCUT2D eigenvalue weighted by Gasteiger charge is 2.06. The molecule has 0 amide bonds. The summed E-state index contributed by atoms with van der Waals surface area (Å²) >= 11 is 5.26. The fourth-order valence-corrected chi connectivity index (χ4v) is 3.25. The predicted molar refractivity (Wildman–Crippen MR) is 82.1 cm³/mol. The summed E-state index contributed by atoms with van der Waals surface area (Å²) in [6.07, 6.45) is 0. The van der Waals surface area contributed by atoms with Gasteiger partial charge in [0.15, 0.2) is 0 Å².